The molecule has 0 fully saturated rings. The zero-order valence-corrected chi connectivity index (χ0v) is 11.3. The molecule has 0 heterocycles. The van der Waals surface area contributed by atoms with Crippen molar-refractivity contribution in [2.45, 2.75) is 25.8 Å². The van der Waals surface area contributed by atoms with Gasteiger partial charge in [-0.25, -0.2) is 4.39 Å². The molecular weight excluding hydrogens is 237 g/mol. The van der Waals surface area contributed by atoms with E-state index in [-0.39, 0.29) is 11.9 Å². The maximum Gasteiger partial charge on any atom is 0.123 e. The van der Waals surface area contributed by atoms with Gasteiger partial charge in [0.05, 0.1) is 0 Å². The third-order valence-corrected chi connectivity index (χ3v) is 3.27. The van der Waals surface area contributed by atoms with Crippen molar-refractivity contribution in [1.82, 2.24) is 5.32 Å². The second kappa shape index (κ2) is 7.05. The molecule has 0 saturated carbocycles. The number of benzene rings is 2. The molecule has 0 aromatic heterocycles. The van der Waals surface area contributed by atoms with Crippen LogP contribution in [-0.4, -0.2) is 6.54 Å². The van der Waals surface area contributed by atoms with Crippen LogP contribution in [0.15, 0.2) is 54.6 Å². The van der Waals surface area contributed by atoms with Crippen molar-refractivity contribution in [3.8, 4) is 0 Å². The average molecular weight is 257 g/mol. The van der Waals surface area contributed by atoms with Gasteiger partial charge >= 0.3 is 0 Å². The van der Waals surface area contributed by atoms with Crippen LogP contribution in [0.5, 0.6) is 0 Å². The monoisotopic (exact) mass is 257 g/mol. The number of nitrogens with one attached hydrogen (secondary N) is 1. The molecule has 0 radical (unpaired) electrons. The summed E-state index contributed by atoms with van der Waals surface area (Å²) in [4.78, 5) is 0. The predicted octanol–water partition coefficient (Wildman–Crippen LogP) is 4.11. The molecule has 1 atom stereocenters. The smallest absolute Gasteiger partial charge is 0.123 e. The third-order valence-electron chi connectivity index (χ3n) is 3.27. The number of hydrogen-bond acceptors (Lipinski definition) is 1. The lowest BCUT2D eigenvalue weighted by Gasteiger charge is -2.18. The highest BCUT2D eigenvalue weighted by atomic mass is 19.1. The maximum atomic E-state index is 13.3. The van der Waals surface area contributed by atoms with Crippen LogP contribution in [0.25, 0.3) is 0 Å². The van der Waals surface area contributed by atoms with Gasteiger partial charge in [0.1, 0.15) is 5.82 Å². The van der Waals surface area contributed by atoms with Crippen molar-refractivity contribution < 1.29 is 4.39 Å². The Hall–Kier alpha value is -1.67. The molecule has 100 valence electrons. The fourth-order valence-corrected chi connectivity index (χ4v) is 2.31. The zero-order valence-electron chi connectivity index (χ0n) is 11.3. The molecule has 2 heteroatoms. The van der Waals surface area contributed by atoms with Gasteiger partial charge in [-0.05, 0) is 42.6 Å². The number of aryl methyl sites for hydroxylation is 1. The van der Waals surface area contributed by atoms with Crippen LogP contribution in [0.1, 0.15) is 30.5 Å². The van der Waals surface area contributed by atoms with Crippen LogP contribution in [0.2, 0.25) is 0 Å². The fraction of sp³-hybridized carbons (Fsp3) is 0.294. The highest BCUT2D eigenvalue weighted by Crippen LogP contribution is 2.20. The summed E-state index contributed by atoms with van der Waals surface area (Å²) >= 11 is 0. The molecular formula is C17H20FN. The number of rotatable bonds is 6. The minimum atomic E-state index is -0.167. The van der Waals surface area contributed by atoms with E-state index in [0.29, 0.717) is 0 Å². The highest BCUT2D eigenvalue weighted by Gasteiger charge is 2.10. The summed E-state index contributed by atoms with van der Waals surface area (Å²) in [5, 5.41) is 3.43. The van der Waals surface area contributed by atoms with Crippen molar-refractivity contribution in [3.63, 3.8) is 0 Å². The summed E-state index contributed by atoms with van der Waals surface area (Å²) in [6.45, 7) is 2.96. The second-order valence-electron chi connectivity index (χ2n) is 4.69. The van der Waals surface area contributed by atoms with E-state index < -0.39 is 0 Å². The average Bonchev–Trinajstić information content (AvgIpc) is 2.44. The Labute approximate surface area is 114 Å². The Morgan fingerprint density at radius 1 is 1.05 bits per heavy atom. The van der Waals surface area contributed by atoms with Gasteiger partial charge in [-0.2, -0.15) is 0 Å². The van der Waals surface area contributed by atoms with Gasteiger partial charge < -0.3 is 5.32 Å². The van der Waals surface area contributed by atoms with Crippen LogP contribution in [0.3, 0.4) is 0 Å². The van der Waals surface area contributed by atoms with E-state index >= 15 is 0 Å². The Balaban J connectivity index is 2.04. The predicted molar refractivity (Wildman–Crippen MR) is 77.6 cm³/mol. The lowest BCUT2D eigenvalue weighted by Crippen LogP contribution is -2.21. The molecule has 0 bridgehead atoms. The minimum Gasteiger partial charge on any atom is -0.310 e. The van der Waals surface area contributed by atoms with E-state index in [1.54, 1.807) is 12.1 Å². The minimum absolute atomic E-state index is 0.167. The van der Waals surface area contributed by atoms with Crippen molar-refractivity contribution in [3.05, 3.63) is 71.5 Å². The van der Waals surface area contributed by atoms with E-state index in [2.05, 4.69) is 36.5 Å². The summed E-state index contributed by atoms with van der Waals surface area (Å²) in [6.07, 6.45) is 1.97. The van der Waals surface area contributed by atoms with E-state index in [0.717, 1.165) is 24.9 Å². The lowest BCUT2D eigenvalue weighted by molar-refractivity contribution is 0.511. The first-order valence-corrected chi connectivity index (χ1v) is 6.82. The van der Waals surface area contributed by atoms with Gasteiger partial charge in [-0.3, -0.25) is 0 Å². The van der Waals surface area contributed by atoms with Crippen LogP contribution in [0, 0.1) is 5.82 Å². The van der Waals surface area contributed by atoms with Gasteiger partial charge in [0.15, 0.2) is 0 Å². The standard InChI is InChI=1S/C17H20FN/c1-2-19-17(15-9-6-10-16(18)13-15)12-11-14-7-4-3-5-8-14/h3-10,13,17,19H,2,11-12H2,1H3. The molecule has 1 unspecified atom stereocenters. The molecule has 0 aliphatic rings. The van der Waals surface area contributed by atoms with Crippen LogP contribution >= 0.6 is 0 Å². The van der Waals surface area contributed by atoms with Crippen molar-refractivity contribution in [2.75, 3.05) is 6.54 Å². The topological polar surface area (TPSA) is 12.0 Å². The molecule has 0 aliphatic carbocycles. The molecule has 2 rings (SSSR count). The Kier molecular flexibility index (Phi) is 5.10. The highest BCUT2D eigenvalue weighted by molar-refractivity contribution is 5.21. The van der Waals surface area contributed by atoms with Crippen LogP contribution in [-0.2, 0) is 6.42 Å². The fourth-order valence-electron chi connectivity index (χ4n) is 2.31. The lowest BCUT2D eigenvalue weighted by atomic mass is 9.99. The van der Waals surface area contributed by atoms with E-state index in [1.165, 1.54) is 11.6 Å². The Bertz CT molecular complexity index is 496. The second-order valence-corrected chi connectivity index (χ2v) is 4.69. The van der Waals surface area contributed by atoms with Crippen LogP contribution in [0.4, 0.5) is 4.39 Å². The summed E-state index contributed by atoms with van der Waals surface area (Å²) in [6, 6.07) is 17.5. The summed E-state index contributed by atoms with van der Waals surface area (Å²) in [5.41, 5.74) is 2.35. The first-order valence-electron chi connectivity index (χ1n) is 6.82. The van der Waals surface area contributed by atoms with Gasteiger partial charge in [-0.15, -0.1) is 0 Å². The SMILES string of the molecule is CCNC(CCc1ccccc1)c1cccc(F)c1. The first kappa shape index (κ1) is 13.8. The molecule has 2 aromatic carbocycles. The van der Waals surface area contributed by atoms with E-state index in [1.807, 2.05) is 12.1 Å². The molecule has 0 saturated heterocycles. The largest absolute Gasteiger partial charge is 0.310 e. The van der Waals surface area contributed by atoms with E-state index in [9.17, 15) is 4.39 Å². The van der Waals surface area contributed by atoms with Crippen molar-refractivity contribution in [1.29, 1.82) is 0 Å². The molecule has 2 aromatic rings. The normalized spacial score (nSPS) is 12.3. The molecule has 19 heavy (non-hydrogen) atoms. The number of hydrogen-bond donors (Lipinski definition) is 1. The maximum absolute atomic E-state index is 13.3. The summed E-state index contributed by atoms with van der Waals surface area (Å²) < 4.78 is 13.3. The molecule has 1 N–H and O–H groups in total. The van der Waals surface area contributed by atoms with Gasteiger partial charge in [-0.1, -0.05) is 49.4 Å². The molecule has 0 aliphatic heterocycles. The quantitative estimate of drug-likeness (QED) is 0.821. The van der Waals surface area contributed by atoms with Crippen molar-refractivity contribution in [2.24, 2.45) is 0 Å². The Morgan fingerprint density at radius 3 is 2.53 bits per heavy atom. The van der Waals surface area contributed by atoms with E-state index in [4.69, 9.17) is 0 Å². The third kappa shape index (κ3) is 4.18. The van der Waals surface area contributed by atoms with Crippen LogP contribution < -0.4 is 5.32 Å². The molecule has 0 amide bonds. The molecule has 1 nitrogen and oxygen atoms in total. The first-order chi connectivity index (χ1) is 9.29. The van der Waals surface area contributed by atoms with Gasteiger partial charge in [0.25, 0.3) is 0 Å². The number of halogens is 1. The van der Waals surface area contributed by atoms with Crippen molar-refractivity contribution >= 4 is 0 Å². The summed E-state index contributed by atoms with van der Waals surface area (Å²) in [5.74, 6) is -0.167. The van der Waals surface area contributed by atoms with Gasteiger partial charge in [0, 0.05) is 6.04 Å². The summed E-state index contributed by atoms with van der Waals surface area (Å²) in [7, 11) is 0. The Morgan fingerprint density at radius 2 is 1.84 bits per heavy atom. The molecule has 0 spiro atoms. The van der Waals surface area contributed by atoms with Gasteiger partial charge in [0.2, 0.25) is 0 Å². The zero-order chi connectivity index (χ0) is 13.5.